The summed E-state index contributed by atoms with van der Waals surface area (Å²) in [5.74, 6) is -1.01. The predicted molar refractivity (Wildman–Crippen MR) is 104 cm³/mol. The Morgan fingerprint density at radius 2 is 1.97 bits per heavy atom. The Kier molecular flexibility index (Phi) is 6.62. The summed E-state index contributed by atoms with van der Waals surface area (Å²) < 4.78 is 46.3. The first-order valence-electron chi connectivity index (χ1n) is 9.50. The molecule has 162 valence electrons. The number of methoxy groups -OCH3 is 1. The van der Waals surface area contributed by atoms with Crippen LogP contribution in [0.1, 0.15) is 34.5 Å². The molecule has 2 atom stereocenters. The van der Waals surface area contributed by atoms with Crippen LogP contribution in [0.25, 0.3) is 5.57 Å². The minimum atomic E-state index is -4.74. The first-order valence-corrected chi connectivity index (χ1v) is 9.50. The highest BCUT2D eigenvalue weighted by Crippen LogP contribution is 2.34. The van der Waals surface area contributed by atoms with Crippen molar-refractivity contribution >= 4 is 11.5 Å². The van der Waals surface area contributed by atoms with Crippen LogP contribution in [0.15, 0.2) is 42.6 Å². The van der Waals surface area contributed by atoms with E-state index in [0.717, 1.165) is 33.5 Å². The van der Waals surface area contributed by atoms with Crippen molar-refractivity contribution in [1.29, 1.82) is 0 Å². The van der Waals surface area contributed by atoms with Crippen LogP contribution in [0.4, 0.5) is 13.2 Å². The van der Waals surface area contributed by atoms with E-state index >= 15 is 0 Å². The molecule has 30 heavy (non-hydrogen) atoms. The Balaban J connectivity index is 1.79. The fourth-order valence-corrected chi connectivity index (χ4v) is 3.71. The maximum atomic E-state index is 13.3. The Hall–Kier alpha value is -2.65. The molecule has 0 saturated heterocycles. The average Bonchev–Trinajstić information content (AvgIpc) is 3.14. The molecule has 0 N–H and O–H groups in total. The number of hydrogen-bond donors (Lipinski definition) is 0. The maximum Gasteiger partial charge on any atom is 0.435 e. The lowest BCUT2D eigenvalue weighted by atomic mass is 9.84. The van der Waals surface area contributed by atoms with Crippen molar-refractivity contribution in [2.75, 3.05) is 20.8 Å². The number of amides is 1. The third-order valence-electron chi connectivity index (χ3n) is 5.21. The van der Waals surface area contributed by atoms with Gasteiger partial charge in [-0.2, -0.15) is 18.3 Å². The number of aryl methyl sites for hydroxylation is 1. The number of halogens is 3. The molecule has 0 fully saturated rings. The summed E-state index contributed by atoms with van der Waals surface area (Å²) in [5, 5.41) is 4.34. The van der Waals surface area contributed by atoms with E-state index in [9.17, 15) is 18.0 Å². The molecule has 1 aliphatic rings. The van der Waals surface area contributed by atoms with Crippen molar-refractivity contribution in [2.45, 2.75) is 25.1 Å². The van der Waals surface area contributed by atoms with Crippen molar-refractivity contribution in [3.63, 3.8) is 0 Å². The third kappa shape index (κ3) is 4.73. The zero-order valence-electron chi connectivity index (χ0n) is 17.0. The number of aromatic nitrogens is 2. The average molecular weight is 423 g/mol. The molecule has 1 aliphatic carbocycles. The molecule has 1 amide bonds. The van der Waals surface area contributed by atoms with Gasteiger partial charge in [0, 0.05) is 26.3 Å². The van der Waals surface area contributed by atoms with Crippen molar-refractivity contribution in [3.8, 4) is 0 Å². The second-order valence-electron chi connectivity index (χ2n) is 7.17. The van der Waals surface area contributed by atoms with Gasteiger partial charge in [0.15, 0.2) is 5.69 Å². The molecule has 6 nitrogen and oxygen atoms in total. The molecule has 2 unspecified atom stereocenters. The summed E-state index contributed by atoms with van der Waals surface area (Å²) in [7, 11) is 4.17. The van der Waals surface area contributed by atoms with Crippen LogP contribution in [0, 0.1) is 5.92 Å². The van der Waals surface area contributed by atoms with Gasteiger partial charge in [0.1, 0.15) is 0 Å². The molecule has 0 radical (unpaired) electrons. The van der Waals surface area contributed by atoms with Crippen molar-refractivity contribution in [3.05, 3.63) is 59.4 Å². The van der Waals surface area contributed by atoms with E-state index in [1.807, 2.05) is 36.4 Å². The maximum absolute atomic E-state index is 13.3. The molecule has 3 rings (SSSR count). The summed E-state index contributed by atoms with van der Waals surface area (Å²) in [6.45, 7) is 0.0958. The predicted octanol–water partition coefficient (Wildman–Crippen LogP) is 3.95. The first-order chi connectivity index (χ1) is 14.2. The summed E-state index contributed by atoms with van der Waals surface area (Å²) in [5.41, 5.74) is 0.468. The van der Waals surface area contributed by atoms with Gasteiger partial charge < -0.3 is 4.74 Å². The topological polar surface area (TPSA) is 56.6 Å². The van der Waals surface area contributed by atoms with Crippen LogP contribution in [0.3, 0.4) is 0 Å². The number of ether oxygens (including phenoxy) is 1. The van der Waals surface area contributed by atoms with Crippen LogP contribution >= 0.6 is 0 Å². The van der Waals surface area contributed by atoms with Crippen molar-refractivity contribution in [1.82, 2.24) is 14.8 Å². The van der Waals surface area contributed by atoms with Gasteiger partial charge in [0.2, 0.25) is 0 Å². The van der Waals surface area contributed by atoms with E-state index in [1.165, 1.54) is 14.2 Å². The highest BCUT2D eigenvalue weighted by Gasteiger charge is 2.40. The molecule has 0 saturated carbocycles. The number of hydrogen-bond acceptors (Lipinski definition) is 4. The monoisotopic (exact) mass is 423 g/mol. The summed E-state index contributed by atoms with van der Waals surface area (Å²) >= 11 is 0. The normalized spacial score (nSPS) is 19.5. The zero-order valence-corrected chi connectivity index (χ0v) is 17.0. The Bertz CT molecular complexity index is 909. The van der Waals surface area contributed by atoms with E-state index in [-0.39, 0.29) is 18.6 Å². The number of alkyl halides is 3. The van der Waals surface area contributed by atoms with Gasteiger partial charge in [-0.25, -0.2) is 5.06 Å². The van der Waals surface area contributed by atoms with Gasteiger partial charge >= 0.3 is 6.18 Å². The Morgan fingerprint density at radius 3 is 2.57 bits per heavy atom. The number of carbonyl (C=O) groups is 1. The Labute approximate surface area is 172 Å². The van der Waals surface area contributed by atoms with Crippen LogP contribution < -0.4 is 0 Å². The van der Waals surface area contributed by atoms with E-state index in [0.29, 0.717) is 6.42 Å². The molecule has 2 aromatic rings. The van der Waals surface area contributed by atoms with Gasteiger partial charge in [0.05, 0.1) is 25.3 Å². The van der Waals surface area contributed by atoms with Gasteiger partial charge in [-0.1, -0.05) is 36.4 Å². The fraction of sp³-hybridized carbons (Fsp3) is 0.429. The van der Waals surface area contributed by atoms with E-state index in [2.05, 4.69) is 5.10 Å². The number of nitrogens with zero attached hydrogens (tertiary/aromatic N) is 3. The highest BCUT2D eigenvalue weighted by molar-refractivity contribution is 5.94. The quantitative estimate of drug-likeness (QED) is 0.661. The minimum absolute atomic E-state index is 0.0958. The van der Waals surface area contributed by atoms with Crippen LogP contribution in [0.5, 0.6) is 0 Å². The van der Waals surface area contributed by atoms with E-state index in [4.69, 9.17) is 9.57 Å². The number of hydroxylamine groups is 2. The largest absolute Gasteiger partial charge is 0.435 e. The van der Waals surface area contributed by atoms with Gasteiger partial charge in [-0.05, 0) is 24.0 Å². The van der Waals surface area contributed by atoms with E-state index < -0.39 is 23.3 Å². The molecule has 0 bridgehead atoms. The molecular weight excluding hydrogens is 399 g/mol. The van der Waals surface area contributed by atoms with Gasteiger partial charge in [0.25, 0.3) is 5.91 Å². The molecular formula is C21H24F3N3O3. The lowest BCUT2D eigenvalue weighted by Crippen LogP contribution is -2.40. The standard InChI is InChI=1S/C21H24F3N3O3/c1-26-13-17(19(25-26)21(22,23)24)20(28)27(30-3)12-16-10-9-15(11-18(16)29-2)14-7-5-4-6-8-14/h4-8,11,13,16,18H,9-10,12H2,1-3H3. The molecule has 1 aromatic heterocycles. The molecule has 9 heteroatoms. The number of carbonyl (C=O) groups excluding carboxylic acids is 1. The minimum Gasteiger partial charge on any atom is -0.377 e. The Morgan fingerprint density at radius 1 is 1.27 bits per heavy atom. The van der Waals surface area contributed by atoms with Crippen LogP contribution in [-0.4, -0.2) is 47.6 Å². The molecule has 1 aromatic carbocycles. The van der Waals surface area contributed by atoms with E-state index in [1.54, 1.807) is 7.11 Å². The van der Waals surface area contributed by atoms with Crippen LogP contribution in [-0.2, 0) is 22.8 Å². The second-order valence-corrected chi connectivity index (χ2v) is 7.17. The number of rotatable bonds is 6. The zero-order chi connectivity index (χ0) is 21.9. The summed E-state index contributed by atoms with van der Waals surface area (Å²) in [4.78, 5) is 18.0. The molecule has 0 aliphatic heterocycles. The molecule has 1 heterocycles. The second kappa shape index (κ2) is 9.01. The smallest absolute Gasteiger partial charge is 0.377 e. The lowest BCUT2D eigenvalue weighted by molar-refractivity contribution is -0.143. The van der Waals surface area contributed by atoms with Crippen molar-refractivity contribution < 1.29 is 27.5 Å². The number of benzene rings is 1. The fourth-order valence-electron chi connectivity index (χ4n) is 3.71. The first kappa shape index (κ1) is 22.0. The summed E-state index contributed by atoms with van der Waals surface area (Å²) in [6, 6.07) is 9.90. The van der Waals surface area contributed by atoms with Gasteiger partial charge in [-0.15, -0.1) is 0 Å². The van der Waals surface area contributed by atoms with Crippen LogP contribution in [0.2, 0.25) is 0 Å². The number of allylic oxidation sites excluding steroid dienone is 1. The third-order valence-corrected chi connectivity index (χ3v) is 5.21. The van der Waals surface area contributed by atoms with Gasteiger partial charge in [-0.3, -0.25) is 14.3 Å². The highest BCUT2D eigenvalue weighted by atomic mass is 19.4. The molecule has 0 spiro atoms. The SMILES string of the molecule is COC1C=C(c2ccccc2)CCC1CN(OC)C(=O)c1cn(C)nc1C(F)(F)F. The van der Waals surface area contributed by atoms with Crippen molar-refractivity contribution in [2.24, 2.45) is 13.0 Å². The lowest BCUT2D eigenvalue weighted by Gasteiger charge is -2.33. The summed E-state index contributed by atoms with van der Waals surface area (Å²) in [6.07, 6.45) is -0.507.